The van der Waals surface area contributed by atoms with Crippen molar-refractivity contribution in [2.24, 2.45) is 11.0 Å². The van der Waals surface area contributed by atoms with E-state index in [1.165, 1.54) is 10.8 Å². The van der Waals surface area contributed by atoms with Crippen LogP contribution in [0.2, 0.25) is 0 Å². The molecule has 0 amide bonds. The molecule has 8 heteroatoms. The highest BCUT2D eigenvalue weighted by molar-refractivity contribution is 5.03. The van der Waals surface area contributed by atoms with E-state index in [9.17, 15) is 14.7 Å². The fraction of sp³-hybridized carbons (Fsp3) is 0.636. The van der Waals surface area contributed by atoms with Crippen molar-refractivity contribution in [3.8, 4) is 0 Å². The molecule has 1 aliphatic carbocycles. The summed E-state index contributed by atoms with van der Waals surface area (Å²) in [5.74, 6) is -0.153. The number of rotatable bonds is 3. The first kappa shape index (κ1) is 13.4. The first-order chi connectivity index (χ1) is 9.02. The van der Waals surface area contributed by atoms with Crippen molar-refractivity contribution in [3.63, 3.8) is 0 Å². The zero-order chi connectivity index (χ0) is 14.0. The summed E-state index contributed by atoms with van der Waals surface area (Å²) in [5, 5.41) is 13.4. The Morgan fingerprint density at radius 2 is 2.32 bits per heavy atom. The second kappa shape index (κ2) is 5.29. The molecular formula is C11H15N5O3. The second-order valence-corrected chi connectivity index (χ2v) is 4.84. The molecule has 2 N–H and O–H groups in total. The maximum Gasteiger partial charge on any atom is 0.328 e. The van der Waals surface area contributed by atoms with E-state index in [2.05, 4.69) is 15.0 Å². The molecule has 1 heterocycles. The Morgan fingerprint density at radius 1 is 1.58 bits per heavy atom. The average Bonchev–Trinajstić information content (AvgIpc) is 2.72. The largest absolute Gasteiger partial charge is 0.393 e. The van der Waals surface area contributed by atoms with Gasteiger partial charge in [0.2, 0.25) is 0 Å². The average molecular weight is 265 g/mol. The molecule has 2 rings (SSSR count). The van der Waals surface area contributed by atoms with Crippen LogP contribution in [0.1, 0.15) is 24.4 Å². The van der Waals surface area contributed by atoms with Crippen molar-refractivity contribution >= 4 is 0 Å². The molecular weight excluding hydrogens is 250 g/mol. The van der Waals surface area contributed by atoms with Crippen LogP contribution in [0.4, 0.5) is 0 Å². The number of aromatic nitrogens is 2. The molecule has 0 saturated heterocycles. The number of H-pyrrole nitrogens is 1. The third-order valence-corrected chi connectivity index (χ3v) is 3.55. The Morgan fingerprint density at radius 3 is 3.00 bits per heavy atom. The van der Waals surface area contributed by atoms with Crippen LogP contribution in [0.3, 0.4) is 0 Å². The quantitative estimate of drug-likeness (QED) is 0.468. The first-order valence-corrected chi connectivity index (χ1v) is 6.04. The molecule has 0 aliphatic heterocycles. The van der Waals surface area contributed by atoms with Crippen LogP contribution < -0.4 is 11.2 Å². The Kier molecular flexibility index (Phi) is 3.73. The van der Waals surface area contributed by atoms with Crippen LogP contribution in [0.5, 0.6) is 0 Å². The lowest BCUT2D eigenvalue weighted by atomic mass is 10.1. The number of aliphatic hydroxyl groups excluding tert-OH is 1. The van der Waals surface area contributed by atoms with Crippen LogP contribution in [-0.4, -0.2) is 27.3 Å². The standard InChI is InChI=1S/C11H15N5O3/c1-6-5-16(11(19)14-10(6)18)8-2-7(4-13-15-12)9(17)3-8/h5,7-9,17H,2-4H2,1H3,(H,14,18,19)/t7-,8-,9+/m1/s1. The zero-order valence-corrected chi connectivity index (χ0v) is 10.5. The van der Waals surface area contributed by atoms with Crippen LogP contribution in [0.15, 0.2) is 20.9 Å². The van der Waals surface area contributed by atoms with E-state index in [0.29, 0.717) is 18.4 Å². The second-order valence-electron chi connectivity index (χ2n) is 4.84. The summed E-state index contributed by atoms with van der Waals surface area (Å²) in [6, 6.07) is -0.183. The van der Waals surface area contributed by atoms with Gasteiger partial charge in [-0.3, -0.25) is 14.3 Å². The van der Waals surface area contributed by atoms with Crippen LogP contribution in [-0.2, 0) is 0 Å². The molecule has 0 unspecified atom stereocenters. The van der Waals surface area contributed by atoms with Gasteiger partial charge in [-0.05, 0) is 31.2 Å². The smallest absolute Gasteiger partial charge is 0.328 e. The summed E-state index contributed by atoms with van der Waals surface area (Å²) in [5.41, 5.74) is 7.87. The molecule has 1 aromatic rings. The van der Waals surface area contributed by atoms with Gasteiger partial charge in [0, 0.05) is 29.3 Å². The van der Waals surface area contributed by atoms with Gasteiger partial charge in [-0.25, -0.2) is 4.79 Å². The van der Waals surface area contributed by atoms with Crippen molar-refractivity contribution < 1.29 is 5.11 Å². The predicted octanol–water partition coefficient (Wildman–Crippen LogP) is 0.467. The molecule has 1 aliphatic rings. The molecule has 1 fully saturated rings. The van der Waals surface area contributed by atoms with Gasteiger partial charge in [0.15, 0.2) is 0 Å². The number of hydrogen-bond acceptors (Lipinski definition) is 4. The number of nitrogens with one attached hydrogen (secondary N) is 1. The van der Waals surface area contributed by atoms with Gasteiger partial charge in [-0.2, -0.15) is 0 Å². The van der Waals surface area contributed by atoms with E-state index >= 15 is 0 Å². The van der Waals surface area contributed by atoms with Crippen molar-refractivity contribution in [1.29, 1.82) is 0 Å². The minimum Gasteiger partial charge on any atom is -0.393 e. The summed E-state index contributed by atoms with van der Waals surface area (Å²) in [7, 11) is 0. The normalized spacial score (nSPS) is 26.1. The number of hydrogen-bond donors (Lipinski definition) is 2. The van der Waals surface area contributed by atoms with E-state index in [4.69, 9.17) is 5.53 Å². The van der Waals surface area contributed by atoms with Gasteiger partial charge in [0.25, 0.3) is 5.56 Å². The Balaban J connectivity index is 2.25. The number of nitrogens with zero attached hydrogens (tertiary/aromatic N) is 4. The summed E-state index contributed by atoms with van der Waals surface area (Å²) in [4.78, 5) is 28.0. The van der Waals surface area contributed by atoms with E-state index in [1.807, 2.05) is 0 Å². The molecule has 0 bridgehead atoms. The zero-order valence-electron chi connectivity index (χ0n) is 10.5. The molecule has 1 saturated carbocycles. The SMILES string of the molecule is Cc1cn([C@@H]2C[C@H](CN=[N+]=[N-])[C@@H](O)C2)c(=O)[nH]c1=O. The molecule has 19 heavy (non-hydrogen) atoms. The third kappa shape index (κ3) is 2.69. The predicted molar refractivity (Wildman–Crippen MR) is 67.8 cm³/mol. The van der Waals surface area contributed by atoms with Gasteiger partial charge in [0.1, 0.15) is 0 Å². The minimum absolute atomic E-state index is 0.153. The van der Waals surface area contributed by atoms with Gasteiger partial charge >= 0.3 is 5.69 Å². The van der Waals surface area contributed by atoms with Gasteiger partial charge in [0.05, 0.1) is 6.10 Å². The van der Waals surface area contributed by atoms with Crippen LogP contribution in [0.25, 0.3) is 10.4 Å². The maximum atomic E-state index is 11.8. The monoisotopic (exact) mass is 265 g/mol. The lowest BCUT2D eigenvalue weighted by molar-refractivity contribution is 0.135. The van der Waals surface area contributed by atoms with E-state index in [0.717, 1.165) is 0 Å². The maximum absolute atomic E-state index is 11.8. The topological polar surface area (TPSA) is 124 Å². The number of aliphatic hydroxyl groups is 1. The Labute approximate surface area is 108 Å². The highest BCUT2D eigenvalue weighted by Gasteiger charge is 2.33. The fourth-order valence-corrected chi connectivity index (χ4v) is 2.50. The van der Waals surface area contributed by atoms with Crippen molar-refractivity contribution in [3.05, 3.63) is 43.0 Å². The van der Waals surface area contributed by atoms with E-state index in [-0.39, 0.29) is 18.5 Å². The third-order valence-electron chi connectivity index (χ3n) is 3.55. The summed E-state index contributed by atoms with van der Waals surface area (Å²) in [6.45, 7) is 1.84. The van der Waals surface area contributed by atoms with Crippen molar-refractivity contribution in [2.45, 2.75) is 31.9 Å². The lowest BCUT2D eigenvalue weighted by Crippen LogP contribution is -2.32. The van der Waals surface area contributed by atoms with Crippen LogP contribution in [0, 0.1) is 12.8 Å². The van der Waals surface area contributed by atoms with E-state index in [1.54, 1.807) is 6.92 Å². The number of aryl methyl sites for hydroxylation is 1. The lowest BCUT2D eigenvalue weighted by Gasteiger charge is -2.13. The summed E-state index contributed by atoms with van der Waals surface area (Å²) in [6.07, 6.45) is 1.87. The molecule has 1 aromatic heterocycles. The van der Waals surface area contributed by atoms with Crippen molar-refractivity contribution in [1.82, 2.24) is 9.55 Å². The fourth-order valence-electron chi connectivity index (χ4n) is 2.50. The molecule has 102 valence electrons. The Hall–Kier alpha value is -2.05. The number of aromatic amines is 1. The molecule has 0 radical (unpaired) electrons. The van der Waals surface area contributed by atoms with Gasteiger partial charge < -0.3 is 5.11 Å². The highest BCUT2D eigenvalue weighted by atomic mass is 16.3. The first-order valence-electron chi connectivity index (χ1n) is 6.04. The summed E-state index contributed by atoms with van der Waals surface area (Å²) >= 11 is 0. The number of azide groups is 1. The van der Waals surface area contributed by atoms with Gasteiger partial charge in [-0.15, -0.1) is 0 Å². The molecule has 0 aromatic carbocycles. The minimum atomic E-state index is -0.602. The summed E-state index contributed by atoms with van der Waals surface area (Å²) < 4.78 is 1.44. The van der Waals surface area contributed by atoms with Crippen LogP contribution >= 0.6 is 0 Å². The van der Waals surface area contributed by atoms with E-state index < -0.39 is 17.4 Å². The highest BCUT2D eigenvalue weighted by Crippen LogP contribution is 2.34. The Bertz CT molecular complexity index is 628. The van der Waals surface area contributed by atoms with Crippen molar-refractivity contribution in [2.75, 3.05) is 6.54 Å². The molecule has 0 spiro atoms. The molecule has 3 atom stereocenters. The molecule has 8 nitrogen and oxygen atoms in total. The van der Waals surface area contributed by atoms with Gasteiger partial charge in [-0.1, -0.05) is 5.11 Å².